The van der Waals surface area contributed by atoms with Crippen LogP contribution in [0, 0.1) is 12.8 Å². The van der Waals surface area contributed by atoms with Crippen LogP contribution in [0.4, 0.5) is 5.69 Å². The Balaban J connectivity index is 1.49. The van der Waals surface area contributed by atoms with Crippen LogP contribution >= 0.6 is 0 Å². The minimum Gasteiger partial charge on any atom is -0.396 e. The van der Waals surface area contributed by atoms with Crippen LogP contribution < -0.4 is 5.32 Å². The van der Waals surface area contributed by atoms with Gasteiger partial charge >= 0.3 is 0 Å². The molecule has 0 spiro atoms. The van der Waals surface area contributed by atoms with Gasteiger partial charge in [-0.2, -0.15) is 0 Å². The summed E-state index contributed by atoms with van der Waals surface area (Å²) in [7, 11) is 0. The Morgan fingerprint density at radius 3 is 2.87 bits per heavy atom. The van der Waals surface area contributed by atoms with Crippen molar-refractivity contribution in [3.8, 4) is 0 Å². The van der Waals surface area contributed by atoms with Crippen molar-refractivity contribution in [2.75, 3.05) is 25.0 Å². The Kier molecular flexibility index (Phi) is 5.77. The molecule has 0 bridgehead atoms. The number of fused-ring (bicyclic) bond motifs is 1. The third-order valence-electron chi connectivity index (χ3n) is 5.51. The molecule has 0 aliphatic carbocycles. The van der Waals surface area contributed by atoms with Gasteiger partial charge in [0.1, 0.15) is 5.69 Å². The van der Waals surface area contributed by atoms with Gasteiger partial charge in [0.05, 0.1) is 5.52 Å². The number of amides is 2. The number of pyridine rings is 1. The minimum absolute atomic E-state index is 0.0801. The smallest absolute Gasteiger partial charge is 0.274 e. The summed E-state index contributed by atoms with van der Waals surface area (Å²) >= 11 is 0. The summed E-state index contributed by atoms with van der Waals surface area (Å²) in [5, 5.41) is 13.2. The van der Waals surface area contributed by atoms with Gasteiger partial charge in [-0.25, -0.2) is 4.98 Å². The van der Waals surface area contributed by atoms with Crippen molar-refractivity contribution in [1.29, 1.82) is 0 Å². The van der Waals surface area contributed by atoms with Crippen LogP contribution in [0.2, 0.25) is 0 Å². The molecule has 1 aliphatic heterocycles. The largest absolute Gasteiger partial charge is 0.396 e. The molecule has 1 saturated heterocycles. The summed E-state index contributed by atoms with van der Waals surface area (Å²) in [5.41, 5.74) is 3.30. The highest BCUT2D eigenvalue weighted by Gasteiger charge is 2.24. The summed E-state index contributed by atoms with van der Waals surface area (Å²) < 4.78 is 0. The van der Waals surface area contributed by atoms with Crippen molar-refractivity contribution < 1.29 is 14.7 Å². The normalized spacial score (nSPS) is 16.5. The molecular formula is C24H25N3O3. The van der Waals surface area contributed by atoms with Crippen molar-refractivity contribution >= 4 is 28.4 Å². The van der Waals surface area contributed by atoms with Gasteiger partial charge in [-0.1, -0.05) is 23.8 Å². The number of aromatic nitrogens is 1. The lowest BCUT2D eigenvalue weighted by Gasteiger charge is -2.32. The Bertz CT molecular complexity index is 1100. The molecular weight excluding hydrogens is 378 g/mol. The molecule has 1 aromatic heterocycles. The maximum Gasteiger partial charge on any atom is 0.274 e. The molecule has 3 aromatic rings. The first-order valence-corrected chi connectivity index (χ1v) is 10.2. The van der Waals surface area contributed by atoms with Gasteiger partial charge < -0.3 is 15.3 Å². The number of benzene rings is 2. The average molecular weight is 403 g/mol. The van der Waals surface area contributed by atoms with Gasteiger partial charge in [-0.15, -0.1) is 0 Å². The highest BCUT2D eigenvalue weighted by Crippen LogP contribution is 2.20. The first kappa shape index (κ1) is 20.0. The van der Waals surface area contributed by atoms with Crippen molar-refractivity contribution in [2.24, 2.45) is 5.92 Å². The number of hydrogen-bond donors (Lipinski definition) is 2. The van der Waals surface area contributed by atoms with E-state index in [0.717, 1.165) is 29.3 Å². The quantitative estimate of drug-likeness (QED) is 0.697. The summed E-state index contributed by atoms with van der Waals surface area (Å²) in [4.78, 5) is 31.8. The van der Waals surface area contributed by atoms with Gasteiger partial charge in [0.25, 0.3) is 11.8 Å². The zero-order valence-corrected chi connectivity index (χ0v) is 17.0. The lowest BCUT2D eigenvalue weighted by atomic mass is 9.98. The predicted octanol–water partition coefficient (Wildman–Crippen LogP) is 3.64. The molecule has 6 heteroatoms. The minimum atomic E-state index is -0.319. The third-order valence-corrected chi connectivity index (χ3v) is 5.51. The van der Waals surface area contributed by atoms with Crippen LogP contribution in [-0.4, -0.2) is 46.5 Å². The monoisotopic (exact) mass is 403 g/mol. The number of nitrogens with one attached hydrogen (secondary N) is 1. The lowest BCUT2D eigenvalue weighted by Crippen LogP contribution is -2.40. The van der Waals surface area contributed by atoms with Crippen molar-refractivity contribution in [3.05, 3.63) is 71.4 Å². The van der Waals surface area contributed by atoms with Crippen LogP contribution in [0.5, 0.6) is 0 Å². The zero-order valence-electron chi connectivity index (χ0n) is 17.0. The summed E-state index contributed by atoms with van der Waals surface area (Å²) in [6, 6.07) is 16.4. The van der Waals surface area contributed by atoms with E-state index in [9.17, 15) is 14.7 Å². The number of likely N-dealkylation sites (tertiary alicyclic amines) is 1. The molecule has 2 aromatic carbocycles. The molecule has 1 aliphatic rings. The lowest BCUT2D eigenvalue weighted by molar-refractivity contribution is 0.0620. The molecule has 1 unspecified atom stereocenters. The fraction of sp³-hybridized carbons (Fsp3) is 0.292. The number of aliphatic hydroxyl groups is 1. The van der Waals surface area contributed by atoms with E-state index in [4.69, 9.17) is 0 Å². The van der Waals surface area contributed by atoms with Crippen LogP contribution in [0.1, 0.15) is 39.3 Å². The average Bonchev–Trinajstić information content (AvgIpc) is 2.78. The van der Waals surface area contributed by atoms with Gasteiger partial charge in [0.15, 0.2) is 0 Å². The van der Waals surface area contributed by atoms with Gasteiger partial charge in [0.2, 0.25) is 0 Å². The molecule has 6 nitrogen and oxygen atoms in total. The van der Waals surface area contributed by atoms with E-state index in [1.54, 1.807) is 35.2 Å². The van der Waals surface area contributed by atoms with Crippen molar-refractivity contribution in [3.63, 3.8) is 0 Å². The molecule has 2 heterocycles. The second-order valence-corrected chi connectivity index (χ2v) is 7.87. The number of rotatable bonds is 4. The molecule has 154 valence electrons. The number of aliphatic hydroxyl groups excluding tert-OH is 1. The first-order chi connectivity index (χ1) is 14.5. The molecule has 0 radical (unpaired) electrons. The predicted molar refractivity (Wildman–Crippen MR) is 117 cm³/mol. The van der Waals surface area contributed by atoms with Crippen LogP contribution in [0.3, 0.4) is 0 Å². The standard InChI is InChI=1S/C24H25N3O3/c1-16-7-9-21-18(12-16)8-10-22(26-21)23(29)25-20-6-2-5-19(13-20)24(30)27-11-3-4-17(14-27)15-28/h2,5-10,12-13,17,28H,3-4,11,14-15H2,1H3,(H,25,29). The van der Waals surface area contributed by atoms with E-state index in [0.29, 0.717) is 30.0 Å². The Hall–Kier alpha value is -3.25. The van der Waals surface area contributed by atoms with Crippen LogP contribution in [0.15, 0.2) is 54.6 Å². The van der Waals surface area contributed by atoms with E-state index >= 15 is 0 Å². The van der Waals surface area contributed by atoms with Crippen molar-refractivity contribution in [1.82, 2.24) is 9.88 Å². The van der Waals surface area contributed by atoms with Crippen molar-refractivity contribution in [2.45, 2.75) is 19.8 Å². The Morgan fingerprint density at radius 2 is 2.03 bits per heavy atom. The molecule has 1 atom stereocenters. The topological polar surface area (TPSA) is 82.5 Å². The number of hydrogen-bond acceptors (Lipinski definition) is 4. The van der Waals surface area contributed by atoms with E-state index in [2.05, 4.69) is 10.3 Å². The van der Waals surface area contributed by atoms with E-state index in [-0.39, 0.29) is 24.3 Å². The maximum absolute atomic E-state index is 12.9. The van der Waals surface area contributed by atoms with E-state index < -0.39 is 0 Å². The molecule has 0 saturated carbocycles. The summed E-state index contributed by atoms with van der Waals surface area (Å²) in [5.74, 6) is -0.266. The molecule has 1 fully saturated rings. The van der Waals surface area contributed by atoms with Crippen LogP contribution in [0.25, 0.3) is 10.9 Å². The van der Waals surface area contributed by atoms with Gasteiger partial charge in [0, 0.05) is 36.3 Å². The summed E-state index contributed by atoms with van der Waals surface area (Å²) in [6.07, 6.45) is 1.83. The highest BCUT2D eigenvalue weighted by molar-refractivity contribution is 6.05. The second-order valence-electron chi connectivity index (χ2n) is 7.87. The SMILES string of the molecule is Cc1ccc2nc(C(=O)Nc3cccc(C(=O)N4CCCC(CO)C4)c3)ccc2c1. The summed E-state index contributed by atoms with van der Waals surface area (Å²) in [6.45, 7) is 3.36. The zero-order chi connectivity index (χ0) is 21.1. The number of carbonyl (C=O) groups excluding carboxylic acids is 2. The second kappa shape index (κ2) is 8.63. The van der Waals surface area contributed by atoms with E-state index in [1.807, 2.05) is 31.2 Å². The Labute approximate surface area is 175 Å². The molecule has 30 heavy (non-hydrogen) atoms. The van der Waals surface area contributed by atoms with Gasteiger partial charge in [-0.3, -0.25) is 9.59 Å². The molecule has 2 amide bonds. The number of anilines is 1. The van der Waals surface area contributed by atoms with Gasteiger partial charge in [-0.05, 0) is 62.1 Å². The number of nitrogens with zero attached hydrogens (tertiary/aromatic N) is 2. The van der Waals surface area contributed by atoms with E-state index in [1.165, 1.54) is 0 Å². The molecule has 2 N–H and O–H groups in total. The fourth-order valence-electron chi connectivity index (χ4n) is 3.88. The Morgan fingerprint density at radius 1 is 1.17 bits per heavy atom. The molecule has 4 rings (SSSR count). The number of piperidine rings is 1. The highest BCUT2D eigenvalue weighted by atomic mass is 16.3. The van der Waals surface area contributed by atoms with Crippen LogP contribution in [-0.2, 0) is 0 Å². The number of carbonyl (C=O) groups is 2. The third kappa shape index (κ3) is 4.33. The number of aryl methyl sites for hydroxylation is 1. The first-order valence-electron chi connectivity index (χ1n) is 10.2. The fourth-order valence-corrected chi connectivity index (χ4v) is 3.88. The maximum atomic E-state index is 12.9.